The van der Waals surface area contributed by atoms with E-state index in [1.807, 2.05) is 55.4 Å². The lowest BCUT2D eigenvalue weighted by Gasteiger charge is -2.26. The topological polar surface area (TPSA) is 53.1 Å². The average Bonchev–Trinajstić information content (AvgIpc) is 3.48. The summed E-state index contributed by atoms with van der Waals surface area (Å²) in [6.45, 7) is 2.34. The van der Waals surface area contributed by atoms with E-state index in [0.717, 1.165) is 36.3 Å². The third-order valence-corrected chi connectivity index (χ3v) is 7.75. The number of ether oxygens (including phenoxy) is 1. The molecule has 2 aliphatic rings. The molecular formula is C28H33N3O3S2. The van der Waals surface area contributed by atoms with Crippen LogP contribution in [0.2, 0.25) is 0 Å². The Kier molecular flexibility index (Phi) is 9.18. The van der Waals surface area contributed by atoms with Gasteiger partial charge in [0, 0.05) is 52.4 Å². The number of thiocarbonyl (C=S) groups is 1. The van der Waals surface area contributed by atoms with Crippen molar-refractivity contribution in [3.05, 3.63) is 70.6 Å². The van der Waals surface area contributed by atoms with Gasteiger partial charge >= 0.3 is 0 Å². The molecule has 0 saturated carbocycles. The highest BCUT2D eigenvalue weighted by molar-refractivity contribution is 8.26. The SMILES string of the molecule is CN(C)c1ccc(CN(CC2CCCO2)C(=O)CCCN2C(=O)/C(=C/c3ccccc3)SC2=S)cc1. The normalized spacial score (nSPS) is 18.8. The molecule has 2 amide bonds. The molecule has 2 aromatic carbocycles. The molecule has 0 radical (unpaired) electrons. The van der Waals surface area contributed by atoms with E-state index in [9.17, 15) is 9.59 Å². The van der Waals surface area contributed by atoms with E-state index in [-0.39, 0.29) is 17.9 Å². The number of amides is 2. The van der Waals surface area contributed by atoms with E-state index in [2.05, 4.69) is 29.2 Å². The monoisotopic (exact) mass is 523 g/mol. The van der Waals surface area contributed by atoms with Crippen molar-refractivity contribution in [2.75, 3.05) is 38.7 Å². The van der Waals surface area contributed by atoms with Crippen molar-refractivity contribution in [1.29, 1.82) is 0 Å². The Bertz CT molecular complexity index is 1100. The zero-order chi connectivity index (χ0) is 25.5. The van der Waals surface area contributed by atoms with Crippen molar-refractivity contribution in [3.63, 3.8) is 0 Å². The molecule has 2 saturated heterocycles. The van der Waals surface area contributed by atoms with Crippen molar-refractivity contribution in [2.24, 2.45) is 0 Å². The number of carbonyl (C=O) groups is 2. The number of benzene rings is 2. The van der Waals surface area contributed by atoms with Crippen LogP contribution in [0, 0.1) is 0 Å². The summed E-state index contributed by atoms with van der Waals surface area (Å²) in [4.78, 5) is 32.4. The molecule has 1 unspecified atom stereocenters. The Morgan fingerprint density at radius 2 is 1.92 bits per heavy atom. The molecule has 0 spiro atoms. The summed E-state index contributed by atoms with van der Waals surface area (Å²) in [5.74, 6) is -0.00838. The Balaban J connectivity index is 1.35. The molecule has 0 N–H and O–H groups in total. The van der Waals surface area contributed by atoms with Gasteiger partial charge in [-0.05, 0) is 48.6 Å². The summed E-state index contributed by atoms with van der Waals surface area (Å²) in [7, 11) is 4.02. The maximum absolute atomic E-state index is 13.3. The second-order valence-electron chi connectivity index (χ2n) is 9.32. The van der Waals surface area contributed by atoms with E-state index >= 15 is 0 Å². The van der Waals surface area contributed by atoms with Gasteiger partial charge in [-0.15, -0.1) is 0 Å². The Labute approximate surface area is 223 Å². The number of carbonyl (C=O) groups excluding carboxylic acids is 2. The lowest BCUT2D eigenvalue weighted by atomic mass is 10.1. The zero-order valence-corrected chi connectivity index (χ0v) is 22.5. The molecule has 1 atom stereocenters. The second-order valence-corrected chi connectivity index (χ2v) is 11.0. The molecular weight excluding hydrogens is 490 g/mol. The highest BCUT2D eigenvalue weighted by atomic mass is 32.2. The van der Waals surface area contributed by atoms with Crippen molar-refractivity contribution >= 4 is 51.9 Å². The van der Waals surface area contributed by atoms with Gasteiger partial charge < -0.3 is 14.5 Å². The van der Waals surface area contributed by atoms with E-state index in [4.69, 9.17) is 17.0 Å². The van der Waals surface area contributed by atoms with Crippen molar-refractivity contribution in [1.82, 2.24) is 9.80 Å². The number of thioether (sulfide) groups is 1. The minimum absolute atomic E-state index is 0.0763. The fourth-order valence-electron chi connectivity index (χ4n) is 4.35. The minimum atomic E-state index is -0.0847. The predicted molar refractivity (Wildman–Crippen MR) is 151 cm³/mol. The molecule has 2 aliphatic heterocycles. The highest BCUT2D eigenvalue weighted by Crippen LogP contribution is 2.32. The fourth-order valence-corrected chi connectivity index (χ4v) is 5.66. The first kappa shape index (κ1) is 26.4. The Morgan fingerprint density at radius 3 is 2.58 bits per heavy atom. The number of anilines is 1. The average molecular weight is 524 g/mol. The lowest BCUT2D eigenvalue weighted by Crippen LogP contribution is -2.37. The van der Waals surface area contributed by atoms with Crippen LogP contribution < -0.4 is 4.90 Å². The lowest BCUT2D eigenvalue weighted by molar-refractivity contribution is -0.134. The third kappa shape index (κ3) is 6.96. The molecule has 0 aliphatic carbocycles. The van der Waals surface area contributed by atoms with Gasteiger partial charge in [0.1, 0.15) is 4.32 Å². The van der Waals surface area contributed by atoms with Gasteiger partial charge in [0.2, 0.25) is 5.91 Å². The summed E-state index contributed by atoms with van der Waals surface area (Å²) < 4.78 is 6.36. The van der Waals surface area contributed by atoms with Gasteiger partial charge in [0.05, 0.1) is 11.0 Å². The molecule has 2 aromatic rings. The zero-order valence-electron chi connectivity index (χ0n) is 20.9. The van der Waals surface area contributed by atoms with E-state index in [1.54, 1.807) is 4.90 Å². The van der Waals surface area contributed by atoms with Gasteiger partial charge in [0.25, 0.3) is 5.91 Å². The molecule has 0 bridgehead atoms. The molecule has 2 heterocycles. The maximum Gasteiger partial charge on any atom is 0.266 e. The molecule has 2 fully saturated rings. The highest BCUT2D eigenvalue weighted by Gasteiger charge is 2.32. The smallest absolute Gasteiger partial charge is 0.266 e. The largest absolute Gasteiger partial charge is 0.378 e. The minimum Gasteiger partial charge on any atom is -0.378 e. The van der Waals surface area contributed by atoms with Gasteiger partial charge in [-0.1, -0.05) is 66.4 Å². The van der Waals surface area contributed by atoms with Crippen LogP contribution in [0.4, 0.5) is 5.69 Å². The quantitative estimate of drug-likeness (QED) is 0.325. The first-order chi connectivity index (χ1) is 17.4. The van der Waals surface area contributed by atoms with Gasteiger partial charge in [0.15, 0.2) is 0 Å². The van der Waals surface area contributed by atoms with Crippen LogP contribution in [0.1, 0.15) is 36.8 Å². The van der Waals surface area contributed by atoms with E-state index in [1.165, 1.54) is 11.8 Å². The Hall–Kier alpha value is -2.68. The third-order valence-electron chi connectivity index (χ3n) is 6.37. The van der Waals surface area contributed by atoms with Gasteiger partial charge in [-0.25, -0.2) is 0 Å². The molecule has 6 nitrogen and oxygen atoms in total. The maximum atomic E-state index is 13.3. The van der Waals surface area contributed by atoms with Gasteiger partial charge in [-0.3, -0.25) is 14.5 Å². The van der Waals surface area contributed by atoms with E-state index < -0.39 is 0 Å². The second kappa shape index (κ2) is 12.5. The van der Waals surface area contributed by atoms with Crippen LogP contribution >= 0.6 is 24.0 Å². The van der Waals surface area contributed by atoms with Crippen LogP contribution in [0.25, 0.3) is 6.08 Å². The summed E-state index contributed by atoms with van der Waals surface area (Å²) in [6, 6.07) is 18.0. The molecule has 36 heavy (non-hydrogen) atoms. The summed E-state index contributed by atoms with van der Waals surface area (Å²) in [5, 5.41) is 0. The Morgan fingerprint density at radius 1 is 1.17 bits per heavy atom. The molecule has 8 heteroatoms. The molecule has 190 valence electrons. The van der Waals surface area contributed by atoms with Crippen LogP contribution in [0.5, 0.6) is 0 Å². The summed E-state index contributed by atoms with van der Waals surface area (Å²) in [5.41, 5.74) is 3.19. The van der Waals surface area contributed by atoms with E-state index in [0.29, 0.717) is 41.7 Å². The number of nitrogens with zero attached hydrogens (tertiary/aromatic N) is 3. The van der Waals surface area contributed by atoms with Crippen LogP contribution in [0.3, 0.4) is 0 Å². The van der Waals surface area contributed by atoms with Crippen LogP contribution in [-0.2, 0) is 20.9 Å². The number of rotatable bonds is 10. The predicted octanol–water partition coefficient (Wildman–Crippen LogP) is 4.94. The van der Waals surface area contributed by atoms with Gasteiger partial charge in [-0.2, -0.15) is 0 Å². The van der Waals surface area contributed by atoms with Crippen molar-refractivity contribution in [2.45, 2.75) is 38.3 Å². The fraction of sp³-hybridized carbons (Fsp3) is 0.393. The van der Waals surface area contributed by atoms with Crippen molar-refractivity contribution in [3.8, 4) is 0 Å². The standard InChI is InChI=1S/C28H33N3O3S2/c1-29(2)23-14-12-22(13-15-23)19-30(20-24-10-7-17-34-24)26(32)11-6-16-31-27(33)25(36-28(31)35)18-21-8-4-3-5-9-21/h3-5,8-9,12-15,18,24H,6-7,10-11,16-17,19-20H2,1-2H3/b25-18-. The summed E-state index contributed by atoms with van der Waals surface area (Å²) in [6.07, 6.45) is 4.89. The van der Waals surface area contributed by atoms with Crippen LogP contribution in [0.15, 0.2) is 59.5 Å². The number of hydrogen-bond donors (Lipinski definition) is 0. The molecule has 4 rings (SSSR count). The molecule has 0 aromatic heterocycles. The number of hydrogen-bond acceptors (Lipinski definition) is 6. The first-order valence-corrected chi connectivity index (χ1v) is 13.6. The first-order valence-electron chi connectivity index (χ1n) is 12.4. The summed E-state index contributed by atoms with van der Waals surface area (Å²) >= 11 is 6.79. The van der Waals surface area contributed by atoms with Crippen molar-refractivity contribution < 1.29 is 14.3 Å². The van der Waals surface area contributed by atoms with Crippen LogP contribution in [-0.4, -0.2) is 65.8 Å².